The molecular weight excluding hydrogens is 281 g/mol. The molecule has 0 spiro atoms. The molecule has 0 heterocycles. The first-order valence-electron chi connectivity index (χ1n) is 5.80. The normalized spacial score (nSPS) is 10.3. The van der Waals surface area contributed by atoms with Crippen LogP contribution < -0.4 is 4.74 Å². The molecule has 0 fully saturated rings. The van der Waals surface area contributed by atoms with Crippen molar-refractivity contribution in [2.45, 2.75) is 10.6 Å². The van der Waals surface area contributed by atoms with E-state index in [1.165, 1.54) is 17.8 Å². The first-order valence-corrected chi connectivity index (χ1v) is 6.79. The van der Waals surface area contributed by atoms with Crippen LogP contribution >= 0.6 is 11.8 Å². The monoisotopic (exact) mass is 293 g/mol. The van der Waals surface area contributed by atoms with Crippen molar-refractivity contribution in [1.29, 1.82) is 0 Å². The van der Waals surface area contributed by atoms with Crippen molar-refractivity contribution in [3.63, 3.8) is 0 Å². The first-order chi connectivity index (χ1) is 9.61. The molecule has 0 saturated heterocycles. The fraction of sp³-hybridized carbons (Fsp3) is 0.143. The quantitative estimate of drug-likeness (QED) is 0.474. The lowest BCUT2D eigenvalue weighted by Crippen LogP contribution is -1.96. The van der Waals surface area contributed by atoms with Crippen molar-refractivity contribution < 1.29 is 14.1 Å². The number of ether oxygens (including phenoxy) is 1. The highest BCUT2D eigenvalue weighted by Gasteiger charge is 2.17. The van der Waals surface area contributed by atoms with Crippen LogP contribution in [0.15, 0.2) is 47.4 Å². The molecule has 2 rings (SSSR count). The van der Waals surface area contributed by atoms with E-state index in [9.17, 15) is 14.5 Å². The molecule has 104 valence electrons. The molecule has 0 N–H and O–H groups in total. The lowest BCUT2D eigenvalue weighted by Gasteiger charge is -2.05. The predicted molar refractivity (Wildman–Crippen MR) is 75.6 cm³/mol. The molecule has 0 atom stereocenters. The number of nitro benzene ring substituents is 1. The summed E-state index contributed by atoms with van der Waals surface area (Å²) < 4.78 is 19.0. The molecule has 0 amide bonds. The second kappa shape index (κ2) is 6.38. The molecule has 0 aliphatic carbocycles. The molecule has 0 radical (unpaired) electrons. The maximum absolute atomic E-state index is 13.9. The van der Waals surface area contributed by atoms with Crippen LogP contribution in [0.1, 0.15) is 5.56 Å². The Morgan fingerprint density at radius 2 is 2.05 bits per heavy atom. The third-order valence-electron chi connectivity index (χ3n) is 2.69. The third kappa shape index (κ3) is 3.27. The van der Waals surface area contributed by atoms with Gasteiger partial charge in [-0.15, -0.1) is 11.8 Å². The Balaban J connectivity index is 2.14. The van der Waals surface area contributed by atoms with E-state index in [0.29, 0.717) is 11.3 Å². The molecule has 4 nitrogen and oxygen atoms in total. The number of benzene rings is 2. The zero-order chi connectivity index (χ0) is 14.5. The lowest BCUT2D eigenvalue weighted by molar-refractivity contribution is -0.387. The minimum absolute atomic E-state index is 0.312. The van der Waals surface area contributed by atoms with Crippen LogP contribution in [0.3, 0.4) is 0 Å². The summed E-state index contributed by atoms with van der Waals surface area (Å²) in [6.45, 7) is 0. The molecular formula is C14H12FNO3S. The zero-order valence-corrected chi connectivity index (χ0v) is 11.5. The minimum Gasteiger partial charge on any atom is -0.497 e. The van der Waals surface area contributed by atoms with Gasteiger partial charge in [0.1, 0.15) is 5.75 Å². The van der Waals surface area contributed by atoms with E-state index < -0.39 is 16.4 Å². The molecule has 0 aromatic heterocycles. The Morgan fingerprint density at radius 3 is 2.75 bits per heavy atom. The number of methoxy groups -OCH3 is 1. The highest BCUT2D eigenvalue weighted by molar-refractivity contribution is 7.98. The molecule has 0 bridgehead atoms. The Hall–Kier alpha value is -2.08. The fourth-order valence-corrected chi connectivity index (χ4v) is 2.59. The number of nitro groups is 1. The summed E-state index contributed by atoms with van der Waals surface area (Å²) in [5.41, 5.74) is -0.180. The number of hydrogen-bond donors (Lipinski definition) is 0. The van der Waals surface area contributed by atoms with Crippen molar-refractivity contribution in [2.75, 3.05) is 7.11 Å². The molecule has 2 aromatic rings. The van der Waals surface area contributed by atoms with Crippen molar-refractivity contribution in [3.8, 4) is 5.75 Å². The van der Waals surface area contributed by atoms with Crippen LogP contribution in [0.25, 0.3) is 0 Å². The average Bonchev–Trinajstić information content (AvgIpc) is 2.46. The maximum atomic E-state index is 13.9. The van der Waals surface area contributed by atoms with Gasteiger partial charge in [-0.3, -0.25) is 10.1 Å². The van der Waals surface area contributed by atoms with E-state index in [1.54, 1.807) is 13.2 Å². The number of halogens is 1. The molecule has 0 unspecified atom stereocenters. The van der Waals surface area contributed by atoms with E-state index in [1.807, 2.05) is 24.3 Å². The highest BCUT2D eigenvalue weighted by atomic mass is 32.2. The molecule has 2 aromatic carbocycles. The van der Waals surface area contributed by atoms with Gasteiger partial charge in [0, 0.05) is 22.3 Å². The van der Waals surface area contributed by atoms with Crippen LogP contribution in [0, 0.1) is 15.9 Å². The summed E-state index contributed by atoms with van der Waals surface area (Å²) in [4.78, 5) is 10.9. The van der Waals surface area contributed by atoms with Gasteiger partial charge in [-0.2, -0.15) is 4.39 Å². The standard InChI is InChI=1S/C14H12FNO3S/c1-19-11-5-3-6-12(8-11)20-9-10-4-2-7-13(14(10)15)16(17)18/h2-8H,9H2,1H3. The summed E-state index contributed by atoms with van der Waals surface area (Å²) in [5.74, 6) is 0.267. The molecule has 20 heavy (non-hydrogen) atoms. The number of thioether (sulfide) groups is 1. The van der Waals surface area contributed by atoms with E-state index in [2.05, 4.69) is 0 Å². The largest absolute Gasteiger partial charge is 0.497 e. The van der Waals surface area contributed by atoms with Gasteiger partial charge in [0.2, 0.25) is 5.82 Å². The summed E-state index contributed by atoms with van der Waals surface area (Å²) >= 11 is 1.40. The van der Waals surface area contributed by atoms with E-state index in [4.69, 9.17) is 4.74 Å². The number of nitrogens with zero attached hydrogens (tertiary/aromatic N) is 1. The van der Waals surface area contributed by atoms with Gasteiger partial charge in [-0.1, -0.05) is 18.2 Å². The van der Waals surface area contributed by atoms with Gasteiger partial charge in [-0.05, 0) is 18.2 Å². The summed E-state index contributed by atoms with van der Waals surface area (Å²) in [5, 5.41) is 10.7. The van der Waals surface area contributed by atoms with Crippen LogP contribution in [0.5, 0.6) is 5.75 Å². The van der Waals surface area contributed by atoms with Crippen LogP contribution in [0.2, 0.25) is 0 Å². The fourth-order valence-electron chi connectivity index (χ4n) is 1.67. The molecule has 0 saturated carbocycles. The molecule has 6 heteroatoms. The Bertz CT molecular complexity index is 634. The van der Waals surface area contributed by atoms with Crippen LogP contribution in [0.4, 0.5) is 10.1 Å². The van der Waals surface area contributed by atoms with Crippen molar-refractivity contribution >= 4 is 17.4 Å². The van der Waals surface area contributed by atoms with E-state index >= 15 is 0 Å². The SMILES string of the molecule is COc1cccc(SCc2cccc([N+](=O)[O-])c2F)c1. The van der Waals surface area contributed by atoms with E-state index in [0.717, 1.165) is 16.7 Å². The van der Waals surface area contributed by atoms with Gasteiger partial charge < -0.3 is 4.74 Å². The Kier molecular flexibility index (Phi) is 4.57. The maximum Gasteiger partial charge on any atom is 0.305 e. The first kappa shape index (κ1) is 14.3. The summed E-state index contributed by atoms with van der Waals surface area (Å²) in [6.07, 6.45) is 0. The van der Waals surface area contributed by atoms with Crippen LogP contribution in [-0.2, 0) is 5.75 Å². The third-order valence-corrected chi connectivity index (χ3v) is 3.73. The smallest absolute Gasteiger partial charge is 0.305 e. The average molecular weight is 293 g/mol. The summed E-state index contributed by atoms with van der Waals surface area (Å²) in [7, 11) is 1.57. The zero-order valence-electron chi connectivity index (χ0n) is 10.7. The van der Waals surface area contributed by atoms with Gasteiger partial charge in [0.25, 0.3) is 0 Å². The van der Waals surface area contributed by atoms with Gasteiger partial charge in [-0.25, -0.2) is 0 Å². The van der Waals surface area contributed by atoms with Gasteiger partial charge in [0.15, 0.2) is 0 Å². The predicted octanol–water partition coefficient (Wildman–Crippen LogP) is 4.03. The summed E-state index contributed by atoms with van der Waals surface area (Å²) in [6, 6.07) is 11.6. The second-order valence-electron chi connectivity index (χ2n) is 3.98. The van der Waals surface area contributed by atoms with Crippen molar-refractivity contribution in [2.24, 2.45) is 0 Å². The number of hydrogen-bond acceptors (Lipinski definition) is 4. The Morgan fingerprint density at radius 1 is 1.30 bits per heavy atom. The van der Waals surface area contributed by atoms with Crippen LogP contribution in [-0.4, -0.2) is 12.0 Å². The molecule has 0 aliphatic heterocycles. The Labute approximate surface area is 119 Å². The highest BCUT2D eigenvalue weighted by Crippen LogP contribution is 2.29. The van der Waals surface area contributed by atoms with Crippen molar-refractivity contribution in [1.82, 2.24) is 0 Å². The molecule has 0 aliphatic rings. The topological polar surface area (TPSA) is 52.4 Å². The van der Waals surface area contributed by atoms with Crippen molar-refractivity contribution in [3.05, 3.63) is 64.0 Å². The lowest BCUT2D eigenvalue weighted by atomic mass is 10.2. The van der Waals surface area contributed by atoms with E-state index in [-0.39, 0.29) is 0 Å². The van der Waals surface area contributed by atoms with Gasteiger partial charge in [0.05, 0.1) is 12.0 Å². The van der Waals surface area contributed by atoms with Gasteiger partial charge >= 0.3 is 5.69 Å². The minimum atomic E-state index is -0.770. The number of rotatable bonds is 5. The second-order valence-corrected chi connectivity index (χ2v) is 5.02.